The van der Waals surface area contributed by atoms with Gasteiger partial charge in [-0.1, -0.05) is 24.3 Å². The van der Waals surface area contributed by atoms with Crippen molar-refractivity contribution in [2.75, 3.05) is 6.54 Å². The normalized spacial score (nSPS) is 19.8. The first-order valence-electron chi connectivity index (χ1n) is 8.88. The van der Waals surface area contributed by atoms with Crippen molar-refractivity contribution in [1.82, 2.24) is 14.9 Å². The van der Waals surface area contributed by atoms with E-state index < -0.39 is 23.7 Å². The molecule has 6 heteroatoms. The van der Waals surface area contributed by atoms with Gasteiger partial charge in [0.2, 0.25) is 5.78 Å². The largest absolute Gasteiger partial charge is 0.361 e. The van der Waals surface area contributed by atoms with Gasteiger partial charge in [-0.05, 0) is 36.6 Å². The van der Waals surface area contributed by atoms with Gasteiger partial charge in [0.25, 0.3) is 5.91 Å². The number of nitrogens with zero attached hydrogens (tertiary/aromatic N) is 2. The van der Waals surface area contributed by atoms with E-state index in [9.17, 15) is 14.4 Å². The fourth-order valence-corrected chi connectivity index (χ4v) is 3.87. The van der Waals surface area contributed by atoms with Crippen LogP contribution < -0.4 is 0 Å². The summed E-state index contributed by atoms with van der Waals surface area (Å²) in [5.74, 6) is -2.49. The number of fused-ring (bicyclic) bond motifs is 1. The lowest BCUT2D eigenvalue weighted by Crippen LogP contribution is -2.32. The third-order valence-electron chi connectivity index (χ3n) is 5.17. The Labute approximate surface area is 156 Å². The molecule has 1 aliphatic heterocycles. The van der Waals surface area contributed by atoms with Crippen LogP contribution in [0.15, 0.2) is 55.0 Å². The third-order valence-corrected chi connectivity index (χ3v) is 5.17. The second kappa shape index (κ2) is 6.79. The first-order valence-corrected chi connectivity index (χ1v) is 8.88. The molecule has 1 aliphatic rings. The Balaban J connectivity index is 1.65. The van der Waals surface area contributed by atoms with E-state index in [1.807, 2.05) is 30.5 Å². The number of amides is 1. The molecule has 6 nitrogen and oxygen atoms in total. The Kier molecular flexibility index (Phi) is 4.32. The number of hydrogen-bond acceptors (Lipinski definition) is 4. The first-order chi connectivity index (χ1) is 13.1. The van der Waals surface area contributed by atoms with Crippen LogP contribution in [0.25, 0.3) is 10.9 Å². The fraction of sp³-hybridized carbons (Fsp3) is 0.238. The highest BCUT2D eigenvalue weighted by Crippen LogP contribution is 2.36. The minimum Gasteiger partial charge on any atom is -0.361 e. The van der Waals surface area contributed by atoms with Crippen molar-refractivity contribution in [2.45, 2.75) is 19.4 Å². The highest BCUT2D eigenvalue weighted by molar-refractivity contribution is 6.42. The highest BCUT2D eigenvalue weighted by Gasteiger charge is 2.50. The summed E-state index contributed by atoms with van der Waals surface area (Å²) in [5, 5.41) is 1.09. The number of aromatic nitrogens is 2. The number of benzene rings is 1. The molecule has 3 aromatic rings. The van der Waals surface area contributed by atoms with Crippen LogP contribution in [-0.2, 0) is 20.8 Å². The number of H-pyrrole nitrogens is 1. The molecule has 0 aliphatic carbocycles. The Morgan fingerprint density at radius 2 is 2.00 bits per heavy atom. The molecule has 0 saturated carbocycles. The lowest BCUT2D eigenvalue weighted by Gasteiger charge is -2.26. The van der Waals surface area contributed by atoms with Crippen molar-refractivity contribution in [3.05, 3.63) is 66.1 Å². The molecule has 1 fully saturated rings. The number of Topliss-reactive ketones (excluding diaryl/α,β-unsaturated/α-hetero) is 2. The van der Waals surface area contributed by atoms with Crippen molar-refractivity contribution < 1.29 is 14.4 Å². The number of aromatic amines is 1. The average Bonchev–Trinajstić information content (AvgIpc) is 3.20. The molecular weight excluding hydrogens is 342 g/mol. The maximum Gasteiger partial charge on any atom is 0.291 e. The van der Waals surface area contributed by atoms with E-state index >= 15 is 0 Å². The smallest absolute Gasteiger partial charge is 0.291 e. The predicted octanol–water partition coefficient (Wildman–Crippen LogP) is 2.46. The molecule has 2 aromatic heterocycles. The van der Waals surface area contributed by atoms with E-state index in [0.717, 1.165) is 16.5 Å². The molecule has 0 spiro atoms. The highest BCUT2D eigenvalue weighted by atomic mass is 16.2. The van der Waals surface area contributed by atoms with Crippen LogP contribution in [0, 0.1) is 5.92 Å². The summed E-state index contributed by atoms with van der Waals surface area (Å²) in [6.07, 6.45) is 5.76. The molecule has 2 unspecified atom stereocenters. The van der Waals surface area contributed by atoms with Gasteiger partial charge in [0.05, 0.1) is 6.04 Å². The van der Waals surface area contributed by atoms with Crippen LogP contribution in [0.1, 0.15) is 24.1 Å². The van der Waals surface area contributed by atoms with Gasteiger partial charge in [-0.3, -0.25) is 19.4 Å². The maximum atomic E-state index is 12.6. The zero-order valence-electron chi connectivity index (χ0n) is 14.9. The van der Waals surface area contributed by atoms with Gasteiger partial charge >= 0.3 is 0 Å². The molecule has 0 bridgehead atoms. The second-order valence-corrected chi connectivity index (χ2v) is 6.79. The van der Waals surface area contributed by atoms with Crippen LogP contribution in [0.3, 0.4) is 0 Å². The summed E-state index contributed by atoms with van der Waals surface area (Å²) in [7, 11) is 0. The van der Waals surface area contributed by atoms with Crippen LogP contribution >= 0.6 is 0 Å². The van der Waals surface area contributed by atoms with E-state index in [1.165, 1.54) is 11.8 Å². The van der Waals surface area contributed by atoms with Crippen molar-refractivity contribution >= 4 is 28.4 Å². The minimum atomic E-state index is -0.968. The third kappa shape index (κ3) is 2.93. The molecule has 1 saturated heterocycles. The van der Waals surface area contributed by atoms with Gasteiger partial charge < -0.3 is 9.88 Å². The SMILES string of the molecule is CC(=O)C1C(=O)C(=O)N(CCc2c[nH]c3ccccc23)C1c1cccnc1. The Hall–Kier alpha value is -3.28. The van der Waals surface area contributed by atoms with Gasteiger partial charge in [-0.2, -0.15) is 0 Å². The topological polar surface area (TPSA) is 83.1 Å². The number of para-hydroxylation sites is 1. The maximum absolute atomic E-state index is 12.6. The lowest BCUT2D eigenvalue weighted by molar-refractivity contribution is -0.142. The molecule has 0 radical (unpaired) electrons. The summed E-state index contributed by atoms with van der Waals surface area (Å²) in [4.78, 5) is 46.0. The molecule has 4 rings (SSSR count). The standard InChI is InChI=1S/C21H19N3O3/c1-13(25)18-19(15-5-4-9-22-11-15)24(21(27)20(18)26)10-8-14-12-23-17-7-3-2-6-16(14)17/h2-7,9,11-12,18-19,23H,8,10H2,1H3. The van der Waals surface area contributed by atoms with Crippen molar-refractivity contribution in [2.24, 2.45) is 5.92 Å². The van der Waals surface area contributed by atoms with Crippen LogP contribution in [0.2, 0.25) is 0 Å². The zero-order valence-corrected chi connectivity index (χ0v) is 14.9. The number of carbonyl (C=O) groups excluding carboxylic acids is 3. The summed E-state index contributed by atoms with van der Waals surface area (Å²) in [5.41, 5.74) is 2.81. The van der Waals surface area contributed by atoms with Gasteiger partial charge in [-0.15, -0.1) is 0 Å². The van der Waals surface area contributed by atoms with Crippen molar-refractivity contribution in [1.29, 1.82) is 0 Å². The zero-order chi connectivity index (χ0) is 19.0. The summed E-state index contributed by atoms with van der Waals surface area (Å²) >= 11 is 0. The molecule has 3 heterocycles. The summed E-state index contributed by atoms with van der Waals surface area (Å²) in [6.45, 7) is 1.72. The monoisotopic (exact) mass is 361 g/mol. The summed E-state index contributed by atoms with van der Waals surface area (Å²) in [6, 6.07) is 10.9. The second-order valence-electron chi connectivity index (χ2n) is 6.79. The van der Waals surface area contributed by atoms with Crippen LogP contribution in [-0.4, -0.2) is 38.9 Å². The quantitative estimate of drug-likeness (QED) is 0.559. The fourth-order valence-electron chi connectivity index (χ4n) is 3.87. The molecule has 1 aromatic carbocycles. The molecular formula is C21H19N3O3. The Morgan fingerprint density at radius 3 is 2.74 bits per heavy atom. The number of ketones is 2. The number of carbonyl (C=O) groups is 3. The molecule has 1 amide bonds. The molecule has 1 N–H and O–H groups in total. The van der Waals surface area contributed by atoms with Gasteiger partial charge in [0, 0.05) is 36.0 Å². The molecule has 27 heavy (non-hydrogen) atoms. The van der Waals surface area contributed by atoms with E-state index in [0.29, 0.717) is 18.5 Å². The van der Waals surface area contributed by atoms with E-state index in [2.05, 4.69) is 9.97 Å². The number of rotatable bonds is 5. The van der Waals surface area contributed by atoms with Crippen LogP contribution in [0.4, 0.5) is 0 Å². The van der Waals surface area contributed by atoms with Crippen LogP contribution in [0.5, 0.6) is 0 Å². The first kappa shape index (κ1) is 17.1. The number of nitrogens with one attached hydrogen (secondary N) is 1. The van der Waals surface area contributed by atoms with Crippen molar-refractivity contribution in [3.63, 3.8) is 0 Å². The average molecular weight is 361 g/mol. The van der Waals surface area contributed by atoms with Crippen molar-refractivity contribution in [3.8, 4) is 0 Å². The summed E-state index contributed by atoms with van der Waals surface area (Å²) < 4.78 is 0. The van der Waals surface area contributed by atoms with Gasteiger partial charge in [0.15, 0.2) is 0 Å². The number of hydrogen-bond donors (Lipinski definition) is 1. The molecule has 2 atom stereocenters. The number of pyridine rings is 1. The minimum absolute atomic E-state index is 0.295. The van der Waals surface area contributed by atoms with E-state index in [4.69, 9.17) is 0 Å². The number of likely N-dealkylation sites (tertiary alicyclic amines) is 1. The van der Waals surface area contributed by atoms with Gasteiger partial charge in [0.1, 0.15) is 11.7 Å². The van der Waals surface area contributed by atoms with E-state index in [1.54, 1.807) is 24.5 Å². The van der Waals surface area contributed by atoms with E-state index in [-0.39, 0.29) is 5.78 Å². The lowest BCUT2D eigenvalue weighted by atomic mass is 9.90. The predicted molar refractivity (Wildman–Crippen MR) is 99.9 cm³/mol. The molecule has 136 valence electrons. The Bertz CT molecular complexity index is 1030. The van der Waals surface area contributed by atoms with Gasteiger partial charge in [-0.25, -0.2) is 0 Å². The Morgan fingerprint density at radius 1 is 1.19 bits per heavy atom.